The van der Waals surface area contributed by atoms with Gasteiger partial charge in [0, 0.05) is 10.2 Å². The third-order valence-corrected chi connectivity index (χ3v) is 14.5. The first kappa shape index (κ1) is 20.4. The van der Waals surface area contributed by atoms with E-state index >= 15 is 0 Å². The Labute approximate surface area is 168 Å². The summed E-state index contributed by atoms with van der Waals surface area (Å²) in [5.74, 6) is 0. The largest absolute Gasteiger partial charge is 0.416 e. The number of rotatable bonds is 4. The van der Waals surface area contributed by atoms with E-state index in [9.17, 15) is 0 Å². The van der Waals surface area contributed by atoms with Crippen LogP contribution in [0.1, 0.15) is 20.8 Å². The Balaban J connectivity index is 2.25. The van der Waals surface area contributed by atoms with Crippen LogP contribution in [0.3, 0.4) is 0 Å². The fraction of sp³-hybridized carbons (Fsp3) is 0.391. The first-order chi connectivity index (χ1) is 12.6. The lowest BCUT2D eigenvalue weighted by atomic mass is 9.59. The van der Waals surface area contributed by atoms with Crippen LogP contribution in [0.25, 0.3) is 0 Å². The van der Waals surface area contributed by atoms with Crippen molar-refractivity contribution in [2.75, 3.05) is 0 Å². The fourth-order valence-corrected chi connectivity index (χ4v) is 12.9. The Morgan fingerprint density at radius 2 is 1.30 bits per heavy atom. The van der Waals surface area contributed by atoms with E-state index in [1.807, 2.05) is 0 Å². The molecule has 0 N–H and O–H groups in total. The average molecular weight is 393 g/mol. The summed E-state index contributed by atoms with van der Waals surface area (Å²) in [6.07, 6.45) is 5.00. The van der Waals surface area contributed by atoms with Crippen LogP contribution in [0.15, 0.2) is 72.9 Å². The number of hydrogen-bond donors (Lipinski definition) is 0. The van der Waals surface area contributed by atoms with Gasteiger partial charge in [-0.25, -0.2) is 0 Å². The third kappa shape index (κ3) is 3.57. The summed E-state index contributed by atoms with van der Waals surface area (Å²) in [5.41, 5.74) is 0.131. The van der Waals surface area contributed by atoms with Crippen molar-refractivity contribution in [2.45, 2.75) is 57.5 Å². The van der Waals surface area contributed by atoms with Crippen LogP contribution in [0.2, 0.25) is 26.5 Å². The second-order valence-electron chi connectivity index (χ2n) is 9.65. The number of benzene rings is 2. The average Bonchev–Trinajstić information content (AvgIpc) is 2.95. The molecule has 1 atom stereocenters. The first-order valence-corrected chi connectivity index (χ1v) is 14.8. The molecule has 2 aromatic carbocycles. The molecule has 0 bridgehead atoms. The molecular weight excluding hydrogens is 360 g/mol. The predicted octanol–water partition coefficient (Wildman–Crippen LogP) is 5.52. The lowest BCUT2D eigenvalue weighted by molar-refractivity contribution is 0.327. The lowest BCUT2D eigenvalue weighted by Crippen LogP contribution is -2.64. The van der Waals surface area contributed by atoms with E-state index in [2.05, 4.69) is 125 Å². The zero-order valence-corrected chi connectivity index (χ0v) is 19.8. The van der Waals surface area contributed by atoms with E-state index < -0.39 is 16.0 Å². The molecule has 1 unspecified atom stereocenters. The van der Waals surface area contributed by atoms with Crippen molar-refractivity contribution in [3.05, 3.63) is 72.9 Å². The molecule has 3 rings (SSSR count). The molecule has 0 aliphatic carbocycles. The van der Waals surface area contributed by atoms with Gasteiger partial charge in [-0.05, 0) is 45.5 Å². The molecular formula is C23H33BNPSi. The van der Waals surface area contributed by atoms with Crippen LogP contribution in [0, 0.1) is 0 Å². The number of nitrogens with zero attached hydrogens (tertiary/aromatic N) is 1. The Morgan fingerprint density at radius 3 is 1.63 bits per heavy atom. The molecule has 0 spiro atoms. The molecule has 0 saturated carbocycles. The van der Waals surface area contributed by atoms with Crippen molar-refractivity contribution in [2.24, 2.45) is 0 Å². The molecule has 27 heavy (non-hydrogen) atoms. The van der Waals surface area contributed by atoms with Gasteiger partial charge in [-0.2, -0.15) is 0 Å². The fourth-order valence-electron chi connectivity index (χ4n) is 4.68. The molecule has 0 aromatic heterocycles. The monoisotopic (exact) mass is 393 g/mol. The zero-order valence-electron chi connectivity index (χ0n) is 17.9. The molecule has 1 aliphatic heterocycles. The molecule has 0 saturated heterocycles. The van der Waals surface area contributed by atoms with Crippen LogP contribution in [0.5, 0.6) is 0 Å². The van der Waals surface area contributed by atoms with Crippen LogP contribution >= 0.6 is 7.92 Å². The van der Waals surface area contributed by atoms with Gasteiger partial charge in [0.1, 0.15) is 0 Å². The number of hydrogen-bond acceptors (Lipinski definition) is 1. The maximum atomic E-state index is 2.60. The maximum Gasteiger partial charge on any atom is 0.263 e. The third-order valence-electron chi connectivity index (χ3n) is 5.92. The molecule has 0 fully saturated rings. The van der Waals surface area contributed by atoms with Gasteiger partial charge in [-0.15, -0.1) is 0 Å². The molecule has 142 valence electrons. The van der Waals surface area contributed by atoms with Gasteiger partial charge < -0.3 is 4.81 Å². The van der Waals surface area contributed by atoms with Crippen LogP contribution in [-0.4, -0.2) is 30.0 Å². The van der Waals surface area contributed by atoms with E-state index in [0.717, 1.165) is 0 Å². The van der Waals surface area contributed by atoms with Crippen LogP contribution in [-0.2, 0) is 0 Å². The van der Waals surface area contributed by atoms with Gasteiger partial charge in [-0.1, -0.05) is 93.2 Å². The Kier molecular flexibility index (Phi) is 5.49. The van der Waals surface area contributed by atoms with E-state index in [4.69, 9.17) is 0 Å². The van der Waals surface area contributed by atoms with E-state index in [0.29, 0.717) is 6.85 Å². The molecule has 1 nitrogen and oxygen atoms in total. The van der Waals surface area contributed by atoms with Crippen LogP contribution in [0.4, 0.5) is 0 Å². The molecule has 1 aliphatic rings. The van der Waals surface area contributed by atoms with E-state index in [1.165, 1.54) is 10.6 Å². The summed E-state index contributed by atoms with van der Waals surface area (Å²) in [6, 6.07) is 22.5. The van der Waals surface area contributed by atoms with Crippen molar-refractivity contribution in [3.8, 4) is 0 Å². The van der Waals surface area contributed by atoms with E-state index in [-0.39, 0.29) is 10.2 Å². The smallest absolute Gasteiger partial charge is 0.263 e. The lowest BCUT2D eigenvalue weighted by Gasteiger charge is -2.51. The Bertz CT molecular complexity index is 755. The summed E-state index contributed by atoms with van der Waals surface area (Å²) < 4.78 is 0.193. The Morgan fingerprint density at radius 1 is 0.852 bits per heavy atom. The van der Waals surface area contributed by atoms with Gasteiger partial charge in [0.2, 0.25) is 0 Å². The van der Waals surface area contributed by atoms with Crippen molar-refractivity contribution in [1.82, 2.24) is 4.81 Å². The van der Waals surface area contributed by atoms with Crippen molar-refractivity contribution in [3.63, 3.8) is 0 Å². The summed E-state index contributed by atoms with van der Waals surface area (Å²) >= 11 is 0. The van der Waals surface area contributed by atoms with Crippen molar-refractivity contribution >= 4 is 33.5 Å². The quantitative estimate of drug-likeness (QED) is 0.488. The van der Waals surface area contributed by atoms with Gasteiger partial charge in [0.05, 0.1) is 8.07 Å². The summed E-state index contributed by atoms with van der Waals surface area (Å²) in [5, 5.41) is 2.99. The Hall–Kier alpha value is -1.31. The maximum absolute atomic E-state index is 2.60. The highest BCUT2D eigenvalue weighted by Gasteiger charge is 2.58. The minimum atomic E-state index is -1.59. The van der Waals surface area contributed by atoms with Gasteiger partial charge in [0.25, 0.3) is 6.85 Å². The molecule has 2 aromatic rings. The predicted molar refractivity (Wildman–Crippen MR) is 127 cm³/mol. The second kappa shape index (κ2) is 7.26. The van der Waals surface area contributed by atoms with Crippen LogP contribution < -0.4 is 10.6 Å². The van der Waals surface area contributed by atoms with Crippen molar-refractivity contribution < 1.29 is 0 Å². The highest BCUT2D eigenvalue weighted by molar-refractivity contribution is 7.79. The molecule has 0 amide bonds. The minimum absolute atomic E-state index is 0.131. The normalized spacial score (nSPS) is 20.6. The highest BCUT2D eigenvalue weighted by atomic mass is 31.1. The standard InChI is InChI=1S/C23H33BNPSi/c1-22(2,3)25-19-18-23(24(25)4,27(5,6)7)26(20-14-10-8-11-15-20)21-16-12-9-13-17-21/h8-19H,1-7H3. The molecule has 4 heteroatoms. The summed E-state index contributed by atoms with van der Waals surface area (Å²) in [7, 11) is -2.09. The highest BCUT2D eigenvalue weighted by Crippen LogP contribution is 2.58. The van der Waals surface area contributed by atoms with Gasteiger partial charge in [0.15, 0.2) is 0 Å². The number of allylic oxidation sites excluding steroid dienone is 1. The van der Waals surface area contributed by atoms with E-state index in [1.54, 1.807) is 0 Å². The molecule has 0 radical (unpaired) electrons. The topological polar surface area (TPSA) is 3.24 Å². The summed E-state index contributed by atoms with van der Waals surface area (Å²) in [4.78, 5) is 2.60. The second-order valence-corrected chi connectivity index (χ2v) is 17.8. The first-order valence-electron chi connectivity index (χ1n) is 9.97. The van der Waals surface area contributed by atoms with Crippen molar-refractivity contribution in [1.29, 1.82) is 0 Å². The molecule has 1 heterocycles. The van der Waals surface area contributed by atoms with Gasteiger partial charge in [-0.3, -0.25) is 0 Å². The summed E-state index contributed by atoms with van der Waals surface area (Å²) in [6.45, 7) is 17.6. The van der Waals surface area contributed by atoms with Gasteiger partial charge >= 0.3 is 0 Å². The SMILES string of the molecule is CB1N(C(C)(C)C)C=CC1(P(c1ccccc1)c1ccccc1)[Si](C)(C)C. The minimum Gasteiger partial charge on any atom is -0.416 e. The zero-order chi connectivity index (χ0) is 19.9.